The third-order valence-corrected chi connectivity index (χ3v) is 4.15. The molecule has 0 aliphatic rings. The third-order valence-electron chi connectivity index (χ3n) is 3.42. The molecular formula is C17H17F3N2O2S. The van der Waals surface area contributed by atoms with Gasteiger partial charge in [-0.3, -0.25) is 9.59 Å². The van der Waals surface area contributed by atoms with Crippen LogP contribution in [0.5, 0.6) is 0 Å². The van der Waals surface area contributed by atoms with E-state index in [1.807, 2.05) is 16.8 Å². The maximum Gasteiger partial charge on any atom is 0.416 e. The first-order chi connectivity index (χ1) is 11.7. The number of benzene rings is 1. The van der Waals surface area contributed by atoms with Crippen molar-refractivity contribution in [1.82, 2.24) is 4.90 Å². The average Bonchev–Trinajstić information content (AvgIpc) is 3.04. The first-order valence-electron chi connectivity index (χ1n) is 7.41. The molecule has 1 heterocycles. The van der Waals surface area contributed by atoms with Gasteiger partial charge in [-0.1, -0.05) is 0 Å². The first-order valence-corrected chi connectivity index (χ1v) is 8.36. The minimum Gasteiger partial charge on any atom is -0.345 e. The molecule has 0 fully saturated rings. The van der Waals surface area contributed by atoms with Crippen molar-refractivity contribution in [1.29, 1.82) is 0 Å². The fourth-order valence-electron chi connectivity index (χ4n) is 2.16. The Balaban J connectivity index is 2.19. The lowest BCUT2D eigenvalue weighted by molar-refractivity contribution is -0.137. The van der Waals surface area contributed by atoms with Crippen LogP contribution in [0.4, 0.5) is 18.9 Å². The van der Waals surface area contributed by atoms with Gasteiger partial charge in [0, 0.05) is 31.8 Å². The van der Waals surface area contributed by atoms with Gasteiger partial charge in [-0.15, -0.1) is 0 Å². The predicted molar refractivity (Wildman–Crippen MR) is 90.7 cm³/mol. The summed E-state index contributed by atoms with van der Waals surface area (Å²) >= 11 is 1.51. The van der Waals surface area contributed by atoms with E-state index in [9.17, 15) is 22.8 Å². The van der Waals surface area contributed by atoms with Gasteiger partial charge in [0.15, 0.2) is 0 Å². The number of rotatable bonds is 5. The van der Waals surface area contributed by atoms with Crippen LogP contribution in [0.25, 0.3) is 0 Å². The lowest BCUT2D eigenvalue weighted by atomic mass is 10.1. The molecule has 1 aromatic heterocycles. The molecule has 1 N–H and O–H groups in total. The summed E-state index contributed by atoms with van der Waals surface area (Å²) in [6, 6.07) is 4.74. The second kappa shape index (κ2) is 7.69. The van der Waals surface area contributed by atoms with Crippen LogP contribution in [-0.4, -0.2) is 30.8 Å². The first kappa shape index (κ1) is 19.0. The molecule has 0 bridgehead atoms. The third kappa shape index (κ3) is 5.32. The second-order valence-corrected chi connectivity index (χ2v) is 6.46. The van der Waals surface area contributed by atoms with E-state index in [1.54, 1.807) is 0 Å². The molecule has 2 aromatic rings. The Labute approximate surface area is 147 Å². The molecule has 2 amide bonds. The Morgan fingerprint density at radius 2 is 1.92 bits per heavy atom. The fraction of sp³-hybridized carbons (Fsp3) is 0.294. The standard InChI is InChI=1S/C17H17F3N2O2S/c1-22(2)16(24)12-7-13(17(18,19)20)9-14(8-12)21-15(23)4-3-11-5-6-25-10-11/h5-10H,3-4H2,1-2H3,(H,21,23). The highest BCUT2D eigenvalue weighted by Crippen LogP contribution is 2.32. The minimum atomic E-state index is -4.61. The Morgan fingerprint density at radius 1 is 1.20 bits per heavy atom. The topological polar surface area (TPSA) is 49.4 Å². The summed E-state index contributed by atoms with van der Waals surface area (Å²) in [7, 11) is 2.89. The molecule has 0 aliphatic carbocycles. The molecule has 0 atom stereocenters. The average molecular weight is 370 g/mol. The SMILES string of the molecule is CN(C)C(=O)c1cc(NC(=O)CCc2ccsc2)cc(C(F)(F)F)c1. The van der Waals surface area contributed by atoms with Crippen LogP contribution in [0, 0.1) is 0 Å². The molecule has 134 valence electrons. The molecule has 0 spiro atoms. The van der Waals surface area contributed by atoms with Crippen LogP contribution in [-0.2, 0) is 17.4 Å². The van der Waals surface area contributed by atoms with Crippen LogP contribution in [0.2, 0.25) is 0 Å². The van der Waals surface area contributed by atoms with E-state index in [4.69, 9.17) is 0 Å². The fourth-order valence-corrected chi connectivity index (χ4v) is 2.86. The summed E-state index contributed by atoms with van der Waals surface area (Å²) in [5, 5.41) is 6.24. The van der Waals surface area contributed by atoms with Crippen LogP contribution in [0.15, 0.2) is 35.0 Å². The molecule has 8 heteroatoms. The van der Waals surface area contributed by atoms with E-state index < -0.39 is 23.6 Å². The van der Waals surface area contributed by atoms with E-state index in [0.717, 1.165) is 17.7 Å². The van der Waals surface area contributed by atoms with E-state index >= 15 is 0 Å². The van der Waals surface area contributed by atoms with Crippen molar-refractivity contribution in [3.63, 3.8) is 0 Å². The molecule has 0 saturated heterocycles. The number of carbonyl (C=O) groups is 2. The number of nitrogens with one attached hydrogen (secondary N) is 1. The van der Waals surface area contributed by atoms with Gasteiger partial charge in [0.25, 0.3) is 5.91 Å². The van der Waals surface area contributed by atoms with Crippen LogP contribution in [0.1, 0.15) is 27.9 Å². The van der Waals surface area contributed by atoms with E-state index in [1.165, 1.54) is 36.4 Å². The van der Waals surface area contributed by atoms with Gasteiger partial charge in [-0.25, -0.2) is 0 Å². The van der Waals surface area contributed by atoms with Crippen LogP contribution < -0.4 is 5.32 Å². The molecule has 2 rings (SSSR count). The number of carbonyl (C=O) groups excluding carboxylic acids is 2. The zero-order chi connectivity index (χ0) is 18.6. The number of nitrogens with zero attached hydrogens (tertiary/aromatic N) is 1. The monoisotopic (exact) mass is 370 g/mol. The highest BCUT2D eigenvalue weighted by Gasteiger charge is 2.32. The van der Waals surface area contributed by atoms with Crippen molar-refractivity contribution >= 4 is 28.8 Å². The quantitative estimate of drug-likeness (QED) is 0.864. The zero-order valence-corrected chi connectivity index (χ0v) is 14.5. The van der Waals surface area contributed by atoms with Crippen molar-refractivity contribution in [2.45, 2.75) is 19.0 Å². The highest BCUT2D eigenvalue weighted by molar-refractivity contribution is 7.07. The van der Waals surface area contributed by atoms with Crippen molar-refractivity contribution < 1.29 is 22.8 Å². The van der Waals surface area contributed by atoms with E-state index in [-0.39, 0.29) is 17.7 Å². The molecule has 25 heavy (non-hydrogen) atoms. The zero-order valence-electron chi connectivity index (χ0n) is 13.7. The lowest BCUT2D eigenvalue weighted by Crippen LogP contribution is -2.23. The van der Waals surface area contributed by atoms with Gasteiger partial charge in [0.1, 0.15) is 0 Å². The van der Waals surface area contributed by atoms with Gasteiger partial charge >= 0.3 is 6.18 Å². The van der Waals surface area contributed by atoms with Gasteiger partial charge in [-0.05, 0) is 47.0 Å². The summed E-state index contributed by atoms with van der Waals surface area (Å²) in [6.07, 6.45) is -3.97. The largest absolute Gasteiger partial charge is 0.416 e. The molecule has 0 unspecified atom stereocenters. The number of thiophene rings is 1. The minimum absolute atomic E-state index is 0.0460. The maximum absolute atomic E-state index is 13.0. The maximum atomic E-state index is 13.0. The summed E-state index contributed by atoms with van der Waals surface area (Å²) < 4.78 is 39.1. The predicted octanol–water partition coefficient (Wildman–Crippen LogP) is 4.04. The second-order valence-electron chi connectivity index (χ2n) is 5.68. The van der Waals surface area contributed by atoms with Gasteiger partial charge < -0.3 is 10.2 Å². The molecule has 0 radical (unpaired) electrons. The van der Waals surface area contributed by atoms with Crippen molar-refractivity contribution in [3.05, 3.63) is 51.7 Å². The van der Waals surface area contributed by atoms with E-state index in [2.05, 4.69) is 5.32 Å². The molecular weight excluding hydrogens is 353 g/mol. The number of amides is 2. The lowest BCUT2D eigenvalue weighted by Gasteiger charge is -2.15. The highest BCUT2D eigenvalue weighted by atomic mass is 32.1. The molecule has 1 aromatic carbocycles. The summed E-state index contributed by atoms with van der Waals surface area (Å²) in [5.74, 6) is -0.978. The number of aryl methyl sites for hydroxylation is 1. The molecule has 4 nitrogen and oxygen atoms in total. The Morgan fingerprint density at radius 3 is 2.48 bits per heavy atom. The Bertz CT molecular complexity index is 756. The van der Waals surface area contributed by atoms with Crippen molar-refractivity contribution in [2.24, 2.45) is 0 Å². The normalized spacial score (nSPS) is 11.2. The summed E-state index contributed by atoms with van der Waals surface area (Å²) in [6.45, 7) is 0. The number of hydrogen-bond acceptors (Lipinski definition) is 3. The number of anilines is 1. The summed E-state index contributed by atoms with van der Waals surface area (Å²) in [5.41, 5.74) is -0.163. The number of halogens is 3. The van der Waals surface area contributed by atoms with Crippen molar-refractivity contribution in [3.8, 4) is 0 Å². The Hall–Kier alpha value is -2.35. The summed E-state index contributed by atoms with van der Waals surface area (Å²) in [4.78, 5) is 25.2. The smallest absolute Gasteiger partial charge is 0.345 e. The van der Waals surface area contributed by atoms with Crippen molar-refractivity contribution in [2.75, 3.05) is 19.4 Å². The Kier molecular flexibility index (Phi) is 5.84. The van der Waals surface area contributed by atoms with Crippen LogP contribution in [0.3, 0.4) is 0 Å². The van der Waals surface area contributed by atoms with Gasteiger partial charge in [-0.2, -0.15) is 24.5 Å². The van der Waals surface area contributed by atoms with Gasteiger partial charge in [0.2, 0.25) is 5.91 Å². The molecule has 0 aliphatic heterocycles. The van der Waals surface area contributed by atoms with Crippen LogP contribution >= 0.6 is 11.3 Å². The van der Waals surface area contributed by atoms with Gasteiger partial charge in [0.05, 0.1) is 5.56 Å². The molecule has 0 saturated carbocycles. The number of hydrogen-bond donors (Lipinski definition) is 1. The van der Waals surface area contributed by atoms with E-state index in [0.29, 0.717) is 6.42 Å². The number of alkyl halides is 3.